The molecular weight excluding hydrogens is 368 g/mol. The average molecular weight is 399 g/mol. The molecule has 7 nitrogen and oxygen atoms in total. The number of hydrogen-bond donors (Lipinski definition) is 4. The van der Waals surface area contributed by atoms with Crippen LogP contribution < -0.4 is 15.9 Å². The quantitative estimate of drug-likeness (QED) is 0.390. The second kappa shape index (κ2) is 9.49. The number of nitrogens with one attached hydrogen (secondary N) is 4. The lowest BCUT2D eigenvalue weighted by Crippen LogP contribution is -2.20. The molecule has 2 heterocycles. The van der Waals surface area contributed by atoms with Crippen LogP contribution in [0.5, 0.6) is 5.75 Å². The lowest BCUT2D eigenvalue weighted by Gasteiger charge is -2.16. The van der Waals surface area contributed by atoms with E-state index >= 15 is 0 Å². The Hall–Kier alpha value is -2.96. The van der Waals surface area contributed by atoms with Crippen molar-refractivity contribution in [1.82, 2.24) is 20.4 Å². The van der Waals surface area contributed by atoms with Gasteiger partial charge in [0, 0.05) is 17.3 Å². The topological polar surface area (TPSA) is 107 Å². The van der Waals surface area contributed by atoms with E-state index in [9.17, 15) is 9.59 Å². The van der Waals surface area contributed by atoms with Crippen molar-refractivity contribution in [3.8, 4) is 5.75 Å². The molecule has 29 heavy (non-hydrogen) atoms. The molecule has 2 aromatic heterocycles. The lowest BCUT2D eigenvalue weighted by atomic mass is 9.85. The molecule has 3 aromatic rings. The van der Waals surface area contributed by atoms with Gasteiger partial charge in [-0.1, -0.05) is 44.7 Å². The monoisotopic (exact) mass is 398 g/mol. The van der Waals surface area contributed by atoms with Crippen molar-refractivity contribution in [2.45, 2.75) is 58.8 Å². The summed E-state index contributed by atoms with van der Waals surface area (Å²) < 4.78 is 5.85. The van der Waals surface area contributed by atoms with Gasteiger partial charge in [0.15, 0.2) is 0 Å². The number of aromatic nitrogens is 4. The first kappa shape index (κ1) is 20.8. The maximum atomic E-state index is 12.5. The molecule has 4 N–H and O–H groups in total. The van der Waals surface area contributed by atoms with Crippen molar-refractivity contribution >= 4 is 0 Å². The second-order valence-corrected chi connectivity index (χ2v) is 7.50. The fraction of sp³-hybridized carbons (Fsp3) is 0.455. The first-order valence-corrected chi connectivity index (χ1v) is 10.3. The van der Waals surface area contributed by atoms with E-state index < -0.39 is 5.92 Å². The number of hydrogen-bond acceptors (Lipinski definition) is 3. The molecule has 0 fully saturated rings. The zero-order chi connectivity index (χ0) is 20.8. The molecule has 0 bridgehead atoms. The van der Waals surface area contributed by atoms with E-state index in [-0.39, 0.29) is 11.1 Å². The molecule has 3 rings (SSSR count). The van der Waals surface area contributed by atoms with Crippen LogP contribution in [0.25, 0.3) is 0 Å². The van der Waals surface area contributed by atoms with Gasteiger partial charge in [0.05, 0.1) is 17.7 Å². The first-order chi connectivity index (χ1) is 14.0. The van der Waals surface area contributed by atoms with Gasteiger partial charge in [0.2, 0.25) is 0 Å². The largest absolute Gasteiger partial charge is 0.494 e. The zero-order valence-corrected chi connectivity index (χ0v) is 17.4. The highest BCUT2D eigenvalue weighted by Crippen LogP contribution is 2.31. The van der Waals surface area contributed by atoms with Crippen molar-refractivity contribution in [2.75, 3.05) is 6.61 Å². The smallest absolute Gasteiger partial charge is 0.268 e. The summed E-state index contributed by atoms with van der Waals surface area (Å²) in [5.74, 6) is 0.325. The summed E-state index contributed by atoms with van der Waals surface area (Å²) in [5, 5.41) is 11.0. The van der Waals surface area contributed by atoms with Gasteiger partial charge in [-0.3, -0.25) is 19.8 Å². The number of rotatable bonds is 10. The minimum absolute atomic E-state index is 0.222. The molecule has 0 saturated carbocycles. The highest BCUT2D eigenvalue weighted by atomic mass is 16.5. The van der Waals surface area contributed by atoms with E-state index in [1.807, 2.05) is 38.1 Å². The Morgan fingerprint density at radius 1 is 0.793 bits per heavy atom. The van der Waals surface area contributed by atoms with Gasteiger partial charge in [-0.05, 0) is 38.0 Å². The van der Waals surface area contributed by atoms with Crippen LogP contribution in [0.2, 0.25) is 0 Å². The normalized spacial score (nSPS) is 11.3. The molecule has 7 heteroatoms. The Labute approximate surface area is 169 Å². The fourth-order valence-corrected chi connectivity index (χ4v) is 3.74. The third-order valence-electron chi connectivity index (χ3n) is 5.33. The van der Waals surface area contributed by atoms with Crippen molar-refractivity contribution < 1.29 is 4.74 Å². The Morgan fingerprint density at radius 2 is 1.34 bits per heavy atom. The Kier molecular flexibility index (Phi) is 6.80. The molecule has 0 amide bonds. The zero-order valence-electron chi connectivity index (χ0n) is 17.4. The molecule has 0 spiro atoms. The van der Waals surface area contributed by atoms with Gasteiger partial charge < -0.3 is 14.9 Å². The summed E-state index contributed by atoms with van der Waals surface area (Å²) in [6.07, 6.45) is 5.97. The fourth-order valence-electron chi connectivity index (χ4n) is 3.74. The van der Waals surface area contributed by atoms with Crippen molar-refractivity contribution in [1.29, 1.82) is 0 Å². The van der Waals surface area contributed by atoms with E-state index in [1.54, 1.807) is 0 Å². The summed E-state index contributed by atoms with van der Waals surface area (Å²) in [7, 11) is 0. The summed E-state index contributed by atoms with van der Waals surface area (Å²) in [6.45, 7) is 6.55. The number of aromatic amines is 4. The molecule has 0 radical (unpaired) electrons. The SMILES string of the molecule is CCCCCCCOc1ccc(C(c2c(C)[nH][nH]c2=O)c2c(C)[nH][nH]c2=O)cc1. The highest BCUT2D eigenvalue weighted by Gasteiger charge is 2.27. The number of aryl methyl sites for hydroxylation is 2. The summed E-state index contributed by atoms with van der Waals surface area (Å²) >= 11 is 0. The number of benzene rings is 1. The van der Waals surface area contributed by atoms with Crippen LogP contribution in [0.3, 0.4) is 0 Å². The van der Waals surface area contributed by atoms with E-state index in [0.717, 1.165) is 17.7 Å². The van der Waals surface area contributed by atoms with Gasteiger partial charge in [-0.25, -0.2) is 0 Å². The highest BCUT2D eigenvalue weighted by molar-refractivity contribution is 5.45. The minimum Gasteiger partial charge on any atom is -0.494 e. The van der Waals surface area contributed by atoms with E-state index in [2.05, 4.69) is 27.3 Å². The summed E-state index contributed by atoms with van der Waals surface area (Å²) in [4.78, 5) is 24.9. The van der Waals surface area contributed by atoms with Gasteiger partial charge in [-0.2, -0.15) is 0 Å². The molecule has 0 saturated heterocycles. The van der Waals surface area contributed by atoms with Gasteiger partial charge >= 0.3 is 0 Å². The molecule has 0 atom stereocenters. The standard InChI is InChI=1S/C22H30N4O3/c1-4-5-6-7-8-13-29-17-11-9-16(10-12-17)20(18-14(2)23-25-21(18)27)19-15(3)24-26-22(19)28/h9-12,20H,4-8,13H2,1-3H3,(H2,23,25,27)(H2,24,26,28). The maximum Gasteiger partial charge on any atom is 0.268 e. The van der Waals surface area contributed by atoms with Crippen molar-refractivity contribution in [3.63, 3.8) is 0 Å². The van der Waals surface area contributed by atoms with E-state index in [1.165, 1.54) is 25.7 Å². The third kappa shape index (κ3) is 4.72. The van der Waals surface area contributed by atoms with Crippen LogP contribution in [0.15, 0.2) is 33.9 Å². The van der Waals surface area contributed by atoms with Gasteiger partial charge in [-0.15, -0.1) is 0 Å². The van der Waals surface area contributed by atoms with Crippen LogP contribution >= 0.6 is 0 Å². The number of unbranched alkanes of at least 4 members (excludes halogenated alkanes) is 4. The van der Waals surface area contributed by atoms with Gasteiger partial charge in [0.1, 0.15) is 5.75 Å². The van der Waals surface area contributed by atoms with Gasteiger partial charge in [0.25, 0.3) is 11.1 Å². The number of H-pyrrole nitrogens is 4. The first-order valence-electron chi connectivity index (χ1n) is 10.3. The van der Waals surface area contributed by atoms with Crippen LogP contribution in [-0.2, 0) is 0 Å². The van der Waals surface area contributed by atoms with Crippen LogP contribution in [-0.4, -0.2) is 27.0 Å². The summed E-state index contributed by atoms with van der Waals surface area (Å²) in [6, 6.07) is 7.66. The second-order valence-electron chi connectivity index (χ2n) is 7.50. The minimum atomic E-state index is -0.469. The van der Waals surface area contributed by atoms with Crippen molar-refractivity contribution in [3.05, 3.63) is 73.1 Å². The third-order valence-corrected chi connectivity index (χ3v) is 5.33. The van der Waals surface area contributed by atoms with E-state index in [4.69, 9.17) is 4.74 Å². The lowest BCUT2D eigenvalue weighted by molar-refractivity contribution is 0.304. The maximum absolute atomic E-state index is 12.5. The Bertz CT molecular complexity index is 969. The van der Waals surface area contributed by atoms with E-state index in [0.29, 0.717) is 29.1 Å². The Balaban J connectivity index is 1.83. The molecule has 0 aliphatic heterocycles. The average Bonchev–Trinajstić information content (AvgIpc) is 3.22. The molecule has 0 aliphatic rings. The molecule has 0 unspecified atom stereocenters. The Morgan fingerprint density at radius 3 is 1.83 bits per heavy atom. The van der Waals surface area contributed by atoms with Crippen LogP contribution in [0.1, 0.15) is 73.0 Å². The predicted molar refractivity (Wildman–Crippen MR) is 114 cm³/mol. The van der Waals surface area contributed by atoms with Crippen LogP contribution in [0, 0.1) is 13.8 Å². The number of ether oxygens (including phenoxy) is 1. The predicted octanol–water partition coefficient (Wildman–Crippen LogP) is 3.87. The molecular formula is C22H30N4O3. The van der Waals surface area contributed by atoms with Crippen LogP contribution in [0.4, 0.5) is 0 Å². The van der Waals surface area contributed by atoms with Crippen molar-refractivity contribution in [2.24, 2.45) is 0 Å². The molecule has 156 valence electrons. The summed E-state index contributed by atoms with van der Waals surface area (Å²) in [5.41, 5.74) is 2.94. The molecule has 0 aliphatic carbocycles. The molecule has 1 aromatic carbocycles.